The minimum absolute atomic E-state index is 0.00673. The van der Waals surface area contributed by atoms with Crippen LogP contribution < -0.4 is 0 Å². The smallest absolute Gasteiger partial charge is 0.180 e. The second-order valence-electron chi connectivity index (χ2n) is 2.50. The van der Waals surface area contributed by atoms with Gasteiger partial charge in [0.1, 0.15) is 0 Å². The summed E-state index contributed by atoms with van der Waals surface area (Å²) in [5.74, 6) is -0.736. The van der Waals surface area contributed by atoms with E-state index in [2.05, 4.69) is 0 Å². The number of hydrogen-bond donors (Lipinski definition) is 0. The minimum atomic E-state index is -0.466. The lowest BCUT2D eigenvalue weighted by molar-refractivity contribution is 0.102. The summed E-state index contributed by atoms with van der Waals surface area (Å²) in [5.41, 5.74) is -0.00673. The third-order valence-corrected chi connectivity index (χ3v) is 4.13. The average Bonchev–Trinajstić information content (AvgIpc) is 2.23. The van der Waals surface area contributed by atoms with E-state index in [9.17, 15) is 4.79 Å². The maximum Gasteiger partial charge on any atom is 0.180 e. The zero-order chi connectivity index (χ0) is 11.7. The third kappa shape index (κ3) is 2.49. The Labute approximate surface area is 116 Å². The Balaban J connectivity index is 3.60. The van der Waals surface area contributed by atoms with E-state index in [-0.39, 0.29) is 36.6 Å². The lowest BCUT2D eigenvalue weighted by Crippen LogP contribution is -2.03. The second-order valence-corrected chi connectivity index (χ2v) is 4.66. The van der Waals surface area contributed by atoms with Gasteiger partial charge in [0, 0.05) is 0 Å². The molecule has 1 nitrogen and oxygen atoms in total. The van der Waals surface area contributed by atoms with Gasteiger partial charge in [0.05, 0.1) is 36.6 Å². The van der Waals surface area contributed by atoms with Gasteiger partial charge in [-0.15, -0.1) is 11.6 Å². The molecule has 0 atom stereocenters. The van der Waals surface area contributed by atoms with E-state index < -0.39 is 5.78 Å². The SMILES string of the molecule is O=C(CCl)c1c(Cl)c(Cl)c(Cl)c(Cl)c1Cl. The summed E-state index contributed by atoms with van der Waals surface area (Å²) >= 11 is 34.3. The monoisotopic (exact) mass is 324 g/mol. The number of Topliss-reactive ketones (excluding diaryl/α,β-unsaturated/α-hetero) is 1. The maximum absolute atomic E-state index is 11.4. The van der Waals surface area contributed by atoms with E-state index in [1.165, 1.54) is 0 Å². The lowest BCUT2D eigenvalue weighted by atomic mass is 10.1. The maximum atomic E-state index is 11.4. The molecule has 0 amide bonds. The van der Waals surface area contributed by atoms with Gasteiger partial charge in [0.25, 0.3) is 0 Å². The summed E-state index contributed by atoms with van der Waals surface area (Å²) < 4.78 is 0. The lowest BCUT2D eigenvalue weighted by Gasteiger charge is -2.10. The summed E-state index contributed by atoms with van der Waals surface area (Å²) in [4.78, 5) is 11.4. The Kier molecular flexibility index (Phi) is 4.85. The van der Waals surface area contributed by atoms with Crippen LogP contribution in [0.2, 0.25) is 25.1 Å². The molecule has 0 heterocycles. The summed E-state index contributed by atoms with van der Waals surface area (Å²) in [5, 5.41) is -0.0923. The van der Waals surface area contributed by atoms with Crippen LogP contribution in [0.1, 0.15) is 10.4 Å². The van der Waals surface area contributed by atoms with Crippen LogP contribution in [0.4, 0.5) is 0 Å². The molecule has 1 rings (SSSR count). The van der Waals surface area contributed by atoms with E-state index in [0.717, 1.165) is 0 Å². The van der Waals surface area contributed by atoms with Crippen LogP contribution in [-0.4, -0.2) is 11.7 Å². The molecular formula is C8H2Cl6O. The molecule has 0 aliphatic heterocycles. The highest BCUT2D eigenvalue weighted by Gasteiger charge is 2.23. The fourth-order valence-electron chi connectivity index (χ4n) is 0.917. The number of carbonyl (C=O) groups is 1. The number of halogens is 6. The molecule has 0 saturated heterocycles. The first kappa shape index (κ1) is 13.7. The van der Waals surface area contributed by atoms with Crippen molar-refractivity contribution < 1.29 is 4.79 Å². The fourth-order valence-corrected chi connectivity index (χ4v) is 2.40. The molecule has 0 aliphatic rings. The summed E-state index contributed by atoms with van der Waals surface area (Å²) in [6.45, 7) is 0. The molecule has 0 radical (unpaired) electrons. The molecule has 1 aromatic carbocycles. The summed E-state index contributed by atoms with van der Waals surface area (Å²) in [7, 11) is 0. The van der Waals surface area contributed by atoms with Crippen LogP contribution in [-0.2, 0) is 0 Å². The Hall–Kier alpha value is 0.630. The van der Waals surface area contributed by atoms with Crippen molar-refractivity contribution in [3.8, 4) is 0 Å². The first-order valence-corrected chi connectivity index (χ1v) is 5.94. The zero-order valence-electron chi connectivity index (χ0n) is 6.88. The van der Waals surface area contributed by atoms with E-state index in [1.54, 1.807) is 0 Å². The second kappa shape index (κ2) is 5.31. The van der Waals surface area contributed by atoms with Crippen molar-refractivity contribution >= 4 is 75.4 Å². The van der Waals surface area contributed by atoms with Crippen molar-refractivity contribution in [1.29, 1.82) is 0 Å². The average molecular weight is 327 g/mol. The highest BCUT2D eigenvalue weighted by Crippen LogP contribution is 2.43. The van der Waals surface area contributed by atoms with E-state index in [1.807, 2.05) is 0 Å². The van der Waals surface area contributed by atoms with Crippen LogP contribution in [0.25, 0.3) is 0 Å². The molecule has 0 N–H and O–H groups in total. The first-order valence-electron chi connectivity index (χ1n) is 3.52. The number of carbonyl (C=O) groups excluding carboxylic acids is 1. The zero-order valence-corrected chi connectivity index (χ0v) is 11.4. The molecule has 82 valence electrons. The minimum Gasteiger partial charge on any atom is -0.293 e. The molecule has 7 heteroatoms. The van der Waals surface area contributed by atoms with E-state index in [4.69, 9.17) is 69.6 Å². The van der Waals surface area contributed by atoms with Crippen molar-refractivity contribution in [1.82, 2.24) is 0 Å². The highest BCUT2D eigenvalue weighted by molar-refractivity contribution is 6.57. The Morgan fingerprint density at radius 3 is 1.47 bits per heavy atom. The van der Waals surface area contributed by atoms with Gasteiger partial charge in [-0.25, -0.2) is 0 Å². The molecule has 0 aliphatic carbocycles. The molecule has 0 bridgehead atoms. The van der Waals surface area contributed by atoms with Gasteiger partial charge in [-0.1, -0.05) is 58.0 Å². The van der Waals surface area contributed by atoms with Crippen molar-refractivity contribution in [2.75, 3.05) is 5.88 Å². The van der Waals surface area contributed by atoms with Gasteiger partial charge < -0.3 is 0 Å². The van der Waals surface area contributed by atoms with E-state index in [0.29, 0.717) is 0 Å². The molecule has 0 aromatic heterocycles. The van der Waals surface area contributed by atoms with Crippen LogP contribution in [0.15, 0.2) is 0 Å². The first-order chi connectivity index (χ1) is 6.91. The molecule has 0 spiro atoms. The summed E-state index contributed by atoms with van der Waals surface area (Å²) in [6.07, 6.45) is 0. The van der Waals surface area contributed by atoms with Crippen molar-refractivity contribution in [3.05, 3.63) is 30.7 Å². The van der Waals surface area contributed by atoms with Crippen LogP contribution in [0.3, 0.4) is 0 Å². The molecule has 0 unspecified atom stereocenters. The molecule has 1 aromatic rings. The largest absolute Gasteiger partial charge is 0.293 e. The number of alkyl halides is 1. The van der Waals surface area contributed by atoms with Crippen LogP contribution in [0, 0.1) is 0 Å². The number of ketones is 1. The van der Waals surface area contributed by atoms with E-state index >= 15 is 0 Å². The molecule has 0 fully saturated rings. The third-order valence-electron chi connectivity index (χ3n) is 1.61. The van der Waals surface area contributed by atoms with Crippen molar-refractivity contribution in [2.24, 2.45) is 0 Å². The molecule has 15 heavy (non-hydrogen) atoms. The predicted octanol–water partition coefficient (Wildman–Crippen LogP) is 5.38. The van der Waals surface area contributed by atoms with Gasteiger partial charge in [0.15, 0.2) is 5.78 Å². The number of hydrogen-bond acceptors (Lipinski definition) is 1. The summed E-state index contributed by atoms with van der Waals surface area (Å²) in [6, 6.07) is 0. The Morgan fingerprint density at radius 2 is 1.13 bits per heavy atom. The quantitative estimate of drug-likeness (QED) is 0.309. The number of rotatable bonds is 2. The topological polar surface area (TPSA) is 17.1 Å². The molecule has 0 saturated carbocycles. The Bertz CT molecular complexity index is 399. The van der Waals surface area contributed by atoms with Gasteiger partial charge >= 0.3 is 0 Å². The van der Waals surface area contributed by atoms with Gasteiger partial charge in [-0.05, 0) is 0 Å². The van der Waals surface area contributed by atoms with Crippen LogP contribution >= 0.6 is 69.6 Å². The standard InChI is InChI=1S/C8H2Cl6O/c9-1-2(15)3-4(10)6(12)8(14)7(13)5(3)11/h1H2. The highest BCUT2D eigenvalue weighted by atomic mass is 35.5. The van der Waals surface area contributed by atoms with Gasteiger partial charge in [-0.2, -0.15) is 0 Å². The van der Waals surface area contributed by atoms with Gasteiger partial charge in [0.2, 0.25) is 0 Å². The Morgan fingerprint density at radius 1 is 0.800 bits per heavy atom. The number of benzene rings is 1. The van der Waals surface area contributed by atoms with Crippen molar-refractivity contribution in [2.45, 2.75) is 0 Å². The van der Waals surface area contributed by atoms with Gasteiger partial charge in [-0.3, -0.25) is 4.79 Å². The molecular weight excluding hydrogens is 325 g/mol. The fraction of sp³-hybridized carbons (Fsp3) is 0.125. The van der Waals surface area contributed by atoms with Crippen LogP contribution in [0.5, 0.6) is 0 Å². The van der Waals surface area contributed by atoms with Crippen molar-refractivity contribution in [3.63, 3.8) is 0 Å². The normalized spacial score (nSPS) is 10.5. The predicted molar refractivity (Wildman–Crippen MR) is 66.5 cm³/mol.